The average molecular weight is 171 g/mol. The van der Waals surface area contributed by atoms with Crippen LogP contribution in [0.1, 0.15) is 26.7 Å². The third-order valence-electron chi connectivity index (χ3n) is 3.03. The molecule has 1 fully saturated rings. The first kappa shape index (κ1) is 9.52. The number of hydrogen-bond acceptors (Lipinski definition) is 2. The van der Waals surface area contributed by atoms with E-state index in [1.165, 1.54) is 0 Å². The molecule has 0 amide bonds. The zero-order valence-electron chi connectivity index (χ0n) is 7.76. The molecule has 0 atom stereocenters. The second-order valence-corrected chi connectivity index (χ2v) is 3.87. The van der Waals surface area contributed by atoms with E-state index in [9.17, 15) is 4.79 Å². The quantitative estimate of drug-likeness (QED) is 0.654. The zero-order valence-corrected chi connectivity index (χ0v) is 7.76. The highest BCUT2D eigenvalue weighted by Crippen LogP contribution is 2.36. The third-order valence-corrected chi connectivity index (χ3v) is 3.03. The van der Waals surface area contributed by atoms with Crippen molar-refractivity contribution in [2.24, 2.45) is 11.3 Å². The van der Waals surface area contributed by atoms with Gasteiger partial charge in [-0.1, -0.05) is 13.8 Å². The molecule has 2 N–H and O–H groups in total. The fraction of sp³-hybridized carbons (Fsp3) is 0.889. The lowest BCUT2D eigenvalue weighted by Crippen LogP contribution is -2.45. The first-order chi connectivity index (χ1) is 5.59. The maximum Gasteiger partial charge on any atom is 0.309 e. The van der Waals surface area contributed by atoms with Crippen LogP contribution in [0.15, 0.2) is 0 Å². The van der Waals surface area contributed by atoms with Gasteiger partial charge in [-0.15, -0.1) is 0 Å². The maximum atomic E-state index is 11.1. The third kappa shape index (κ3) is 1.46. The summed E-state index contributed by atoms with van der Waals surface area (Å²) in [5, 5.41) is 12.3. The van der Waals surface area contributed by atoms with E-state index in [1.807, 2.05) is 13.8 Å². The Morgan fingerprint density at radius 3 is 2.17 bits per heavy atom. The van der Waals surface area contributed by atoms with Crippen LogP contribution in [0.25, 0.3) is 0 Å². The SMILES string of the molecule is CC(C)C1(C(=O)O)CCNCC1. The monoisotopic (exact) mass is 171 g/mol. The van der Waals surface area contributed by atoms with Crippen LogP contribution in [0.3, 0.4) is 0 Å². The van der Waals surface area contributed by atoms with E-state index >= 15 is 0 Å². The molecule has 0 aliphatic carbocycles. The Labute approximate surface area is 73.2 Å². The minimum Gasteiger partial charge on any atom is -0.481 e. The minimum absolute atomic E-state index is 0.233. The number of carboxylic acid groups (broad SMARTS) is 1. The normalized spacial score (nSPS) is 22.6. The lowest BCUT2D eigenvalue weighted by atomic mass is 9.70. The van der Waals surface area contributed by atoms with E-state index in [-0.39, 0.29) is 5.92 Å². The van der Waals surface area contributed by atoms with Gasteiger partial charge in [0.2, 0.25) is 0 Å². The van der Waals surface area contributed by atoms with Gasteiger partial charge < -0.3 is 10.4 Å². The number of aliphatic carboxylic acids is 1. The van der Waals surface area contributed by atoms with Gasteiger partial charge in [0.1, 0.15) is 0 Å². The summed E-state index contributed by atoms with van der Waals surface area (Å²) in [6.45, 7) is 5.67. The fourth-order valence-electron chi connectivity index (χ4n) is 1.91. The highest BCUT2D eigenvalue weighted by Gasteiger charge is 2.42. The van der Waals surface area contributed by atoms with Gasteiger partial charge in [0, 0.05) is 0 Å². The van der Waals surface area contributed by atoms with Crippen molar-refractivity contribution in [2.45, 2.75) is 26.7 Å². The Hall–Kier alpha value is -0.570. The molecule has 70 valence electrons. The van der Waals surface area contributed by atoms with E-state index in [1.54, 1.807) is 0 Å². The lowest BCUT2D eigenvalue weighted by Gasteiger charge is -2.36. The number of hydrogen-bond donors (Lipinski definition) is 2. The van der Waals surface area contributed by atoms with Gasteiger partial charge in [0.05, 0.1) is 5.41 Å². The van der Waals surface area contributed by atoms with Crippen molar-refractivity contribution in [3.05, 3.63) is 0 Å². The van der Waals surface area contributed by atoms with Crippen LogP contribution in [0.4, 0.5) is 0 Å². The summed E-state index contributed by atoms with van der Waals surface area (Å²) in [6.07, 6.45) is 1.53. The standard InChI is InChI=1S/C9H17NO2/c1-7(2)9(8(11)12)3-5-10-6-4-9/h7,10H,3-6H2,1-2H3,(H,11,12). The molecule has 1 rings (SSSR count). The Kier molecular flexibility index (Phi) is 2.73. The number of piperidine rings is 1. The molecule has 1 aliphatic heterocycles. The molecule has 0 bridgehead atoms. The van der Waals surface area contributed by atoms with Gasteiger partial charge in [-0.2, -0.15) is 0 Å². The molecule has 12 heavy (non-hydrogen) atoms. The van der Waals surface area contributed by atoms with Crippen LogP contribution in [-0.2, 0) is 4.79 Å². The van der Waals surface area contributed by atoms with Crippen molar-refractivity contribution < 1.29 is 9.90 Å². The van der Waals surface area contributed by atoms with Gasteiger partial charge in [-0.25, -0.2) is 0 Å². The van der Waals surface area contributed by atoms with Crippen LogP contribution >= 0.6 is 0 Å². The summed E-state index contributed by atoms with van der Waals surface area (Å²) in [5.41, 5.74) is -0.467. The smallest absolute Gasteiger partial charge is 0.309 e. The summed E-state index contributed by atoms with van der Waals surface area (Å²) >= 11 is 0. The van der Waals surface area contributed by atoms with Crippen LogP contribution in [0, 0.1) is 11.3 Å². The molecule has 0 aromatic heterocycles. The van der Waals surface area contributed by atoms with Gasteiger partial charge in [-0.05, 0) is 31.8 Å². The number of nitrogens with one attached hydrogen (secondary N) is 1. The molecule has 3 nitrogen and oxygen atoms in total. The average Bonchev–Trinajstić information content (AvgIpc) is 2.05. The van der Waals surface area contributed by atoms with Gasteiger partial charge >= 0.3 is 5.97 Å². The zero-order chi connectivity index (χ0) is 9.19. The largest absolute Gasteiger partial charge is 0.481 e. The van der Waals surface area contributed by atoms with Crippen molar-refractivity contribution in [1.82, 2.24) is 5.32 Å². The van der Waals surface area contributed by atoms with Crippen LogP contribution < -0.4 is 5.32 Å². The van der Waals surface area contributed by atoms with Crippen LogP contribution in [0.5, 0.6) is 0 Å². The van der Waals surface area contributed by atoms with E-state index in [0.29, 0.717) is 0 Å². The van der Waals surface area contributed by atoms with Crippen molar-refractivity contribution in [1.29, 1.82) is 0 Å². The highest BCUT2D eigenvalue weighted by molar-refractivity contribution is 5.75. The lowest BCUT2D eigenvalue weighted by molar-refractivity contribution is -0.153. The summed E-state index contributed by atoms with van der Waals surface area (Å²) in [6, 6.07) is 0. The molecule has 0 unspecified atom stereocenters. The van der Waals surface area contributed by atoms with Gasteiger partial charge in [0.15, 0.2) is 0 Å². The van der Waals surface area contributed by atoms with E-state index in [4.69, 9.17) is 5.11 Å². The summed E-state index contributed by atoms with van der Waals surface area (Å²) < 4.78 is 0. The number of carbonyl (C=O) groups is 1. The van der Waals surface area contributed by atoms with Crippen molar-refractivity contribution in [3.63, 3.8) is 0 Å². The van der Waals surface area contributed by atoms with E-state index in [2.05, 4.69) is 5.32 Å². The van der Waals surface area contributed by atoms with E-state index < -0.39 is 11.4 Å². The fourth-order valence-corrected chi connectivity index (χ4v) is 1.91. The Morgan fingerprint density at radius 1 is 1.42 bits per heavy atom. The van der Waals surface area contributed by atoms with Gasteiger partial charge in [0.25, 0.3) is 0 Å². The molecular weight excluding hydrogens is 154 g/mol. The van der Waals surface area contributed by atoms with Crippen LogP contribution in [0.2, 0.25) is 0 Å². The molecule has 0 spiro atoms. The predicted octanol–water partition coefficient (Wildman–Crippen LogP) is 1.10. The molecule has 3 heteroatoms. The highest BCUT2D eigenvalue weighted by atomic mass is 16.4. The molecule has 1 aliphatic rings. The Morgan fingerprint density at radius 2 is 1.92 bits per heavy atom. The molecule has 0 aromatic rings. The summed E-state index contributed by atoms with van der Waals surface area (Å²) in [7, 11) is 0. The Bertz CT molecular complexity index is 171. The van der Waals surface area contributed by atoms with Crippen LogP contribution in [-0.4, -0.2) is 24.2 Å². The topological polar surface area (TPSA) is 49.3 Å². The van der Waals surface area contributed by atoms with Crippen molar-refractivity contribution in [2.75, 3.05) is 13.1 Å². The molecular formula is C9H17NO2. The first-order valence-electron chi connectivity index (χ1n) is 4.54. The molecule has 0 aromatic carbocycles. The second-order valence-electron chi connectivity index (χ2n) is 3.87. The van der Waals surface area contributed by atoms with Crippen molar-refractivity contribution >= 4 is 5.97 Å². The van der Waals surface area contributed by atoms with E-state index in [0.717, 1.165) is 25.9 Å². The number of carboxylic acids is 1. The number of rotatable bonds is 2. The molecule has 0 saturated carbocycles. The van der Waals surface area contributed by atoms with Gasteiger partial charge in [-0.3, -0.25) is 4.79 Å². The second kappa shape index (κ2) is 3.44. The molecule has 0 radical (unpaired) electrons. The first-order valence-corrected chi connectivity index (χ1v) is 4.54. The summed E-state index contributed by atoms with van der Waals surface area (Å²) in [4.78, 5) is 11.1. The summed E-state index contributed by atoms with van der Waals surface area (Å²) in [5.74, 6) is -0.393. The molecule has 1 heterocycles. The maximum absolute atomic E-state index is 11.1. The predicted molar refractivity (Wildman–Crippen MR) is 47.0 cm³/mol. The van der Waals surface area contributed by atoms with Crippen molar-refractivity contribution in [3.8, 4) is 0 Å². The Balaban J connectivity index is 2.77. The molecule has 1 saturated heterocycles. The minimum atomic E-state index is -0.626.